The molecule has 0 radical (unpaired) electrons. The van der Waals surface area contributed by atoms with Crippen molar-refractivity contribution < 1.29 is 34.7 Å². The number of aliphatic hydroxyl groups is 4. The van der Waals surface area contributed by atoms with Gasteiger partial charge in [-0.3, -0.25) is 4.79 Å². The molecule has 4 rings (SSSR count). The average molecular weight is 551 g/mol. The van der Waals surface area contributed by atoms with E-state index in [0.717, 1.165) is 19.4 Å². The molecule has 0 spiro atoms. The number of halogens is 1. The normalized spacial score (nSPS) is 43.2. The number of carbonyl (C=O) groups is 1. The molecular formula is C25H43ClN2O7S. The van der Waals surface area contributed by atoms with Gasteiger partial charge in [0.05, 0.1) is 18.8 Å². The van der Waals surface area contributed by atoms with Crippen LogP contribution in [-0.2, 0) is 14.3 Å². The zero-order valence-electron chi connectivity index (χ0n) is 21.1. The van der Waals surface area contributed by atoms with Crippen LogP contribution in [0.2, 0.25) is 0 Å². The van der Waals surface area contributed by atoms with Gasteiger partial charge in [-0.1, -0.05) is 26.0 Å². The molecule has 4 aliphatic rings. The lowest BCUT2D eigenvalue weighted by atomic mass is 9.85. The van der Waals surface area contributed by atoms with Crippen molar-refractivity contribution in [3.8, 4) is 0 Å². The highest BCUT2D eigenvalue weighted by atomic mass is 35.5. The summed E-state index contributed by atoms with van der Waals surface area (Å²) >= 11 is 1.24. The highest BCUT2D eigenvalue weighted by Gasteiger charge is 2.49. The Balaban J connectivity index is 0.00000361. The van der Waals surface area contributed by atoms with Crippen molar-refractivity contribution in [2.24, 2.45) is 17.8 Å². The molecule has 2 bridgehead atoms. The zero-order valence-corrected chi connectivity index (χ0v) is 22.7. The predicted octanol–water partition coefficient (Wildman–Crippen LogP) is 0.574. The Hall–Kier alpha value is -0.430. The fraction of sp³-hybridized carbons (Fsp3) is 0.880. The summed E-state index contributed by atoms with van der Waals surface area (Å²) in [5.41, 5.74) is -0.821. The number of nitrogens with one attached hydrogen (secondary N) is 2. The Labute approximate surface area is 224 Å². The molecule has 0 aliphatic carbocycles. The fourth-order valence-electron chi connectivity index (χ4n) is 5.99. The van der Waals surface area contributed by atoms with Crippen molar-refractivity contribution in [1.82, 2.24) is 10.6 Å². The number of amides is 1. The maximum Gasteiger partial charge on any atom is 0.240 e. The van der Waals surface area contributed by atoms with Crippen LogP contribution in [0.1, 0.15) is 46.0 Å². The molecule has 36 heavy (non-hydrogen) atoms. The van der Waals surface area contributed by atoms with Crippen molar-refractivity contribution in [3.05, 3.63) is 12.2 Å². The minimum atomic E-state index is -1.41. The fourth-order valence-corrected chi connectivity index (χ4v) is 7.19. The third-order valence-electron chi connectivity index (χ3n) is 7.77. The molecule has 0 saturated carbocycles. The van der Waals surface area contributed by atoms with E-state index >= 15 is 0 Å². The highest BCUT2D eigenvalue weighted by molar-refractivity contribution is 8.00. The smallest absolute Gasteiger partial charge is 0.240 e. The molecule has 0 unspecified atom stereocenters. The van der Waals surface area contributed by atoms with Gasteiger partial charge in [0, 0.05) is 18.4 Å². The Bertz CT molecular complexity index is 747. The van der Waals surface area contributed by atoms with Crippen LogP contribution in [0.25, 0.3) is 0 Å². The van der Waals surface area contributed by atoms with Gasteiger partial charge in [-0.15, -0.1) is 24.2 Å². The van der Waals surface area contributed by atoms with E-state index < -0.39 is 41.9 Å². The maximum atomic E-state index is 13.4. The number of aliphatic hydroxyl groups excluding tert-OH is 4. The number of allylic oxidation sites excluding steroid dienone is 1. The van der Waals surface area contributed by atoms with E-state index in [4.69, 9.17) is 9.47 Å². The van der Waals surface area contributed by atoms with Gasteiger partial charge in [0.25, 0.3) is 0 Å². The van der Waals surface area contributed by atoms with E-state index in [1.165, 1.54) is 18.2 Å². The number of rotatable bonds is 5. The van der Waals surface area contributed by atoms with Gasteiger partial charge in [0.2, 0.25) is 5.91 Å². The molecule has 6 N–H and O–H groups in total. The molecule has 0 aromatic carbocycles. The molecule has 1 amide bonds. The molecule has 4 heterocycles. The lowest BCUT2D eigenvalue weighted by molar-refractivity contribution is -0.205. The summed E-state index contributed by atoms with van der Waals surface area (Å²) in [6.07, 6.45) is 2.88. The van der Waals surface area contributed by atoms with E-state index in [1.54, 1.807) is 0 Å². The van der Waals surface area contributed by atoms with Gasteiger partial charge in [0.15, 0.2) is 0 Å². The summed E-state index contributed by atoms with van der Waals surface area (Å²) in [5, 5.41) is 47.6. The number of carbonyl (C=O) groups excluding carboxylic acids is 1. The number of ether oxygens (including phenoxy) is 2. The third kappa shape index (κ3) is 6.95. The van der Waals surface area contributed by atoms with Crippen LogP contribution >= 0.6 is 24.2 Å². The molecule has 3 saturated heterocycles. The Morgan fingerprint density at radius 1 is 1.14 bits per heavy atom. The average Bonchev–Trinajstić information content (AvgIpc) is 3.11. The SMILES string of the molecule is CC(C)C[C@@H]1CCO[C@@H]2[C@H](CN[C@@H]2C(=O)N[C@@H]2CC=CC[C@@H](CO)S[C@H]3O[C@H]2[C@H](O)[C@H](O)[C@H]3O)C1.Cl. The zero-order chi connectivity index (χ0) is 25.1. The number of fused-ring (bicyclic) bond motifs is 3. The van der Waals surface area contributed by atoms with Crippen molar-refractivity contribution in [2.75, 3.05) is 19.8 Å². The Morgan fingerprint density at radius 2 is 1.89 bits per heavy atom. The molecule has 4 aliphatic heterocycles. The van der Waals surface area contributed by atoms with E-state index in [0.29, 0.717) is 31.3 Å². The first-order valence-corrected chi connectivity index (χ1v) is 14.0. The van der Waals surface area contributed by atoms with E-state index in [9.17, 15) is 25.2 Å². The van der Waals surface area contributed by atoms with Crippen LogP contribution in [-0.4, -0.2) is 99.4 Å². The molecule has 11 heteroatoms. The van der Waals surface area contributed by atoms with Gasteiger partial charge in [0.1, 0.15) is 35.9 Å². The summed E-state index contributed by atoms with van der Waals surface area (Å²) in [6, 6.07) is -1.08. The first-order chi connectivity index (χ1) is 16.8. The number of thioether (sulfide) groups is 1. The highest BCUT2D eigenvalue weighted by Crippen LogP contribution is 2.36. The van der Waals surface area contributed by atoms with Crippen LogP contribution in [0.3, 0.4) is 0 Å². The van der Waals surface area contributed by atoms with Gasteiger partial charge >= 0.3 is 0 Å². The second-order valence-electron chi connectivity index (χ2n) is 10.9. The summed E-state index contributed by atoms with van der Waals surface area (Å²) in [4.78, 5) is 13.4. The van der Waals surface area contributed by atoms with Gasteiger partial charge in [-0.25, -0.2) is 0 Å². The second-order valence-corrected chi connectivity index (χ2v) is 12.3. The summed E-state index contributed by atoms with van der Waals surface area (Å²) in [6.45, 7) is 5.76. The first kappa shape index (κ1) is 30.1. The number of hydrogen-bond donors (Lipinski definition) is 6. The number of hydrogen-bond acceptors (Lipinski definition) is 9. The van der Waals surface area contributed by atoms with Gasteiger partial charge < -0.3 is 40.5 Å². The molecule has 0 aromatic rings. The van der Waals surface area contributed by atoms with Crippen molar-refractivity contribution in [3.63, 3.8) is 0 Å². The summed E-state index contributed by atoms with van der Waals surface area (Å²) in [7, 11) is 0. The lowest BCUT2D eigenvalue weighted by Gasteiger charge is -2.44. The van der Waals surface area contributed by atoms with E-state index in [-0.39, 0.29) is 42.2 Å². The minimum absolute atomic E-state index is 0. The largest absolute Gasteiger partial charge is 0.395 e. The second kappa shape index (κ2) is 13.6. The quantitative estimate of drug-likeness (QED) is 0.271. The standard InChI is InChI=1S/C25H42N2O7S.ClH/c1-13(2)9-14-7-8-33-22-15(10-14)11-26-18(22)24(32)27-17-6-4-3-5-16(12-28)35-25-21(31)19(29)20(30)23(17)34-25;/h3-4,13-23,25-26,28-31H,5-12H2,1-2H3,(H,27,32);1H/t14-,15-,16-,17+,18-,19-,20+,21+,22+,23+,25+;/m0./s1. The maximum absolute atomic E-state index is 13.4. The van der Waals surface area contributed by atoms with Crippen molar-refractivity contribution >= 4 is 30.1 Å². The van der Waals surface area contributed by atoms with Crippen LogP contribution < -0.4 is 10.6 Å². The van der Waals surface area contributed by atoms with Gasteiger partial charge in [-0.05, 0) is 49.9 Å². The molecule has 3 fully saturated rings. The van der Waals surface area contributed by atoms with Crippen LogP contribution in [0.5, 0.6) is 0 Å². The first-order valence-electron chi connectivity index (χ1n) is 13.0. The monoisotopic (exact) mass is 550 g/mol. The summed E-state index contributed by atoms with van der Waals surface area (Å²) < 4.78 is 12.2. The summed E-state index contributed by atoms with van der Waals surface area (Å²) in [5.74, 6) is 1.32. The van der Waals surface area contributed by atoms with Crippen LogP contribution in [0.15, 0.2) is 12.2 Å². The van der Waals surface area contributed by atoms with Gasteiger partial charge in [-0.2, -0.15) is 0 Å². The molecule has 11 atom stereocenters. The molecule has 9 nitrogen and oxygen atoms in total. The molecular weight excluding hydrogens is 508 g/mol. The lowest BCUT2D eigenvalue weighted by Crippen LogP contribution is -2.64. The minimum Gasteiger partial charge on any atom is -0.395 e. The predicted molar refractivity (Wildman–Crippen MR) is 140 cm³/mol. The van der Waals surface area contributed by atoms with E-state index in [1.807, 2.05) is 12.2 Å². The third-order valence-corrected chi connectivity index (χ3v) is 9.15. The molecule has 208 valence electrons. The van der Waals surface area contributed by atoms with Crippen molar-refractivity contribution in [2.45, 2.75) is 99.2 Å². The van der Waals surface area contributed by atoms with E-state index in [2.05, 4.69) is 24.5 Å². The van der Waals surface area contributed by atoms with Crippen LogP contribution in [0.4, 0.5) is 0 Å². The Morgan fingerprint density at radius 3 is 2.61 bits per heavy atom. The Kier molecular flexibility index (Phi) is 11.4. The van der Waals surface area contributed by atoms with Crippen LogP contribution in [0, 0.1) is 17.8 Å². The molecule has 0 aromatic heterocycles. The topological polar surface area (TPSA) is 141 Å². The van der Waals surface area contributed by atoms with Crippen molar-refractivity contribution in [1.29, 1.82) is 0 Å².